The molecule has 0 bridgehead atoms. The standard InChI is InChI=1S/C13H13NO3/c1-16-11-4-6-12(7-5-11)17-13-10(9-15)3-2-8-14-13/h2-8,15H,9H2,1H3. The Hall–Kier alpha value is -2.07. The number of hydrogen-bond donors (Lipinski definition) is 1. The number of pyridine rings is 1. The van der Waals surface area contributed by atoms with Crippen molar-refractivity contribution >= 4 is 0 Å². The van der Waals surface area contributed by atoms with Gasteiger partial charge in [-0.1, -0.05) is 0 Å². The third-order valence-electron chi connectivity index (χ3n) is 2.29. The summed E-state index contributed by atoms with van der Waals surface area (Å²) >= 11 is 0. The van der Waals surface area contributed by atoms with Gasteiger partial charge in [-0.15, -0.1) is 0 Å². The van der Waals surface area contributed by atoms with Crippen LogP contribution in [0.4, 0.5) is 0 Å². The van der Waals surface area contributed by atoms with Crippen LogP contribution in [-0.4, -0.2) is 17.2 Å². The first-order valence-corrected chi connectivity index (χ1v) is 5.20. The smallest absolute Gasteiger partial charge is 0.224 e. The van der Waals surface area contributed by atoms with Crippen LogP contribution < -0.4 is 9.47 Å². The molecular formula is C13H13NO3. The van der Waals surface area contributed by atoms with E-state index in [0.29, 0.717) is 17.2 Å². The molecule has 1 heterocycles. The zero-order chi connectivity index (χ0) is 12.1. The summed E-state index contributed by atoms with van der Waals surface area (Å²) in [6.45, 7) is -0.0979. The Balaban J connectivity index is 2.19. The van der Waals surface area contributed by atoms with Gasteiger partial charge in [-0.05, 0) is 36.4 Å². The molecule has 4 nitrogen and oxygen atoms in total. The summed E-state index contributed by atoms with van der Waals surface area (Å²) in [4.78, 5) is 4.07. The summed E-state index contributed by atoms with van der Waals surface area (Å²) in [6, 6.07) is 10.7. The number of aliphatic hydroxyl groups excluding tert-OH is 1. The second-order valence-corrected chi connectivity index (χ2v) is 3.40. The van der Waals surface area contributed by atoms with Crippen LogP contribution in [0.25, 0.3) is 0 Å². The van der Waals surface area contributed by atoms with E-state index in [0.717, 1.165) is 5.75 Å². The van der Waals surface area contributed by atoms with Crippen molar-refractivity contribution < 1.29 is 14.6 Å². The topological polar surface area (TPSA) is 51.6 Å². The lowest BCUT2D eigenvalue weighted by Gasteiger charge is -2.08. The molecule has 1 aromatic carbocycles. The van der Waals surface area contributed by atoms with Gasteiger partial charge >= 0.3 is 0 Å². The van der Waals surface area contributed by atoms with E-state index in [1.807, 2.05) is 0 Å². The van der Waals surface area contributed by atoms with Crippen LogP contribution >= 0.6 is 0 Å². The van der Waals surface area contributed by atoms with Gasteiger partial charge in [0.05, 0.1) is 13.7 Å². The number of nitrogens with zero attached hydrogens (tertiary/aromatic N) is 1. The van der Waals surface area contributed by atoms with Gasteiger partial charge in [-0.25, -0.2) is 4.98 Å². The predicted octanol–water partition coefficient (Wildman–Crippen LogP) is 2.37. The van der Waals surface area contributed by atoms with Crippen molar-refractivity contribution in [3.8, 4) is 17.4 Å². The average Bonchev–Trinajstić information content (AvgIpc) is 2.40. The van der Waals surface area contributed by atoms with Crippen molar-refractivity contribution in [3.63, 3.8) is 0 Å². The minimum absolute atomic E-state index is 0.0979. The van der Waals surface area contributed by atoms with Gasteiger partial charge in [0, 0.05) is 11.8 Å². The molecular weight excluding hydrogens is 218 g/mol. The molecule has 2 aromatic rings. The van der Waals surface area contributed by atoms with E-state index in [1.165, 1.54) is 0 Å². The third-order valence-corrected chi connectivity index (χ3v) is 2.29. The van der Waals surface area contributed by atoms with Gasteiger partial charge in [0.2, 0.25) is 5.88 Å². The number of hydrogen-bond acceptors (Lipinski definition) is 4. The summed E-state index contributed by atoms with van der Waals surface area (Å²) in [7, 11) is 1.61. The van der Waals surface area contributed by atoms with E-state index in [9.17, 15) is 0 Å². The number of aliphatic hydroxyl groups is 1. The molecule has 1 N–H and O–H groups in total. The molecule has 0 radical (unpaired) electrons. The Morgan fingerprint density at radius 3 is 2.47 bits per heavy atom. The number of rotatable bonds is 4. The van der Waals surface area contributed by atoms with Crippen molar-refractivity contribution in [3.05, 3.63) is 48.2 Å². The minimum Gasteiger partial charge on any atom is -0.497 e. The van der Waals surface area contributed by atoms with Gasteiger partial charge in [0.25, 0.3) is 0 Å². The van der Waals surface area contributed by atoms with E-state index in [1.54, 1.807) is 49.7 Å². The zero-order valence-electron chi connectivity index (χ0n) is 9.46. The van der Waals surface area contributed by atoms with Crippen LogP contribution in [0.3, 0.4) is 0 Å². The Morgan fingerprint density at radius 1 is 1.12 bits per heavy atom. The molecule has 17 heavy (non-hydrogen) atoms. The highest BCUT2D eigenvalue weighted by atomic mass is 16.5. The molecule has 0 aliphatic carbocycles. The van der Waals surface area contributed by atoms with E-state index in [-0.39, 0.29) is 6.61 Å². The first-order valence-electron chi connectivity index (χ1n) is 5.20. The quantitative estimate of drug-likeness (QED) is 0.877. The maximum atomic E-state index is 9.14. The molecule has 0 unspecified atom stereocenters. The molecule has 0 atom stereocenters. The molecule has 0 amide bonds. The van der Waals surface area contributed by atoms with Crippen LogP contribution in [0.2, 0.25) is 0 Å². The van der Waals surface area contributed by atoms with Gasteiger partial charge in [0.1, 0.15) is 11.5 Å². The molecule has 4 heteroatoms. The molecule has 1 aromatic heterocycles. The van der Waals surface area contributed by atoms with Gasteiger partial charge in [-0.3, -0.25) is 0 Å². The number of methoxy groups -OCH3 is 1. The molecule has 2 rings (SSSR count). The number of aromatic nitrogens is 1. The second kappa shape index (κ2) is 5.32. The first-order chi connectivity index (χ1) is 8.33. The van der Waals surface area contributed by atoms with E-state index in [2.05, 4.69) is 4.98 Å². The molecule has 0 saturated heterocycles. The first kappa shape index (κ1) is 11.4. The largest absolute Gasteiger partial charge is 0.497 e. The summed E-state index contributed by atoms with van der Waals surface area (Å²) in [5, 5.41) is 9.14. The van der Waals surface area contributed by atoms with Crippen LogP contribution in [0.1, 0.15) is 5.56 Å². The van der Waals surface area contributed by atoms with Gasteiger partial charge in [0.15, 0.2) is 0 Å². The fourth-order valence-electron chi connectivity index (χ4n) is 1.39. The zero-order valence-corrected chi connectivity index (χ0v) is 9.46. The Bertz CT molecular complexity index is 482. The lowest BCUT2D eigenvalue weighted by atomic mass is 10.3. The predicted molar refractivity (Wildman–Crippen MR) is 63.2 cm³/mol. The Kier molecular flexibility index (Phi) is 3.57. The maximum Gasteiger partial charge on any atom is 0.224 e. The van der Waals surface area contributed by atoms with Crippen molar-refractivity contribution in [1.82, 2.24) is 4.98 Å². The summed E-state index contributed by atoms with van der Waals surface area (Å²) < 4.78 is 10.6. The van der Waals surface area contributed by atoms with E-state index >= 15 is 0 Å². The van der Waals surface area contributed by atoms with Crippen molar-refractivity contribution in [2.45, 2.75) is 6.61 Å². The van der Waals surface area contributed by atoms with E-state index < -0.39 is 0 Å². The van der Waals surface area contributed by atoms with Crippen molar-refractivity contribution in [2.24, 2.45) is 0 Å². The lowest BCUT2D eigenvalue weighted by molar-refractivity contribution is 0.275. The number of ether oxygens (including phenoxy) is 2. The van der Waals surface area contributed by atoms with Crippen LogP contribution in [0.5, 0.6) is 17.4 Å². The summed E-state index contributed by atoms with van der Waals surface area (Å²) in [5.41, 5.74) is 0.656. The average molecular weight is 231 g/mol. The Labute approximate surface area is 99.5 Å². The SMILES string of the molecule is COc1ccc(Oc2ncccc2CO)cc1. The highest BCUT2D eigenvalue weighted by molar-refractivity contribution is 5.35. The maximum absolute atomic E-state index is 9.14. The molecule has 0 aliphatic rings. The molecule has 0 aliphatic heterocycles. The van der Waals surface area contributed by atoms with Crippen LogP contribution in [-0.2, 0) is 6.61 Å². The van der Waals surface area contributed by atoms with Crippen molar-refractivity contribution in [2.75, 3.05) is 7.11 Å². The summed E-state index contributed by atoms with van der Waals surface area (Å²) in [6.07, 6.45) is 1.62. The fourth-order valence-corrected chi connectivity index (χ4v) is 1.39. The Morgan fingerprint density at radius 2 is 1.82 bits per heavy atom. The van der Waals surface area contributed by atoms with Gasteiger partial charge in [-0.2, -0.15) is 0 Å². The van der Waals surface area contributed by atoms with E-state index in [4.69, 9.17) is 14.6 Å². The van der Waals surface area contributed by atoms with Crippen molar-refractivity contribution in [1.29, 1.82) is 0 Å². The molecule has 0 saturated carbocycles. The monoisotopic (exact) mass is 231 g/mol. The molecule has 88 valence electrons. The fraction of sp³-hybridized carbons (Fsp3) is 0.154. The normalized spacial score (nSPS) is 10.0. The highest BCUT2D eigenvalue weighted by Crippen LogP contribution is 2.24. The van der Waals surface area contributed by atoms with Crippen LogP contribution in [0, 0.1) is 0 Å². The molecule has 0 fully saturated rings. The minimum atomic E-state index is -0.0979. The summed E-state index contributed by atoms with van der Waals surface area (Å²) in [5.74, 6) is 1.83. The molecule has 0 spiro atoms. The van der Waals surface area contributed by atoms with Gasteiger partial charge < -0.3 is 14.6 Å². The second-order valence-electron chi connectivity index (χ2n) is 3.40. The highest BCUT2D eigenvalue weighted by Gasteiger charge is 2.04. The third kappa shape index (κ3) is 2.73. The number of benzene rings is 1. The van der Waals surface area contributed by atoms with Crippen LogP contribution in [0.15, 0.2) is 42.6 Å². The lowest BCUT2D eigenvalue weighted by Crippen LogP contribution is -1.94.